The van der Waals surface area contributed by atoms with Crippen LogP contribution in [0.4, 0.5) is 0 Å². The quantitative estimate of drug-likeness (QED) is 0.825. The van der Waals surface area contributed by atoms with Crippen molar-refractivity contribution >= 4 is 0 Å². The molecule has 0 amide bonds. The summed E-state index contributed by atoms with van der Waals surface area (Å²) in [6.45, 7) is 8.79. The van der Waals surface area contributed by atoms with Gasteiger partial charge in [-0.1, -0.05) is 26.0 Å². The molecule has 0 atom stereocenters. The lowest BCUT2D eigenvalue weighted by Crippen LogP contribution is -2.39. The van der Waals surface area contributed by atoms with E-state index in [9.17, 15) is 0 Å². The molecular weight excluding hydrogens is 248 g/mol. The van der Waals surface area contributed by atoms with Gasteiger partial charge in [0, 0.05) is 6.54 Å². The molecule has 0 aromatic heterocycles. The van der Waals surface area contributed by atoms with Gasteiger partial charge in [0.25, 0.3) is 0 Å². The molecule has 0 unspecified atom stereocenters. The standard InChI is InChI=1S/C17H24N2O/c1-17(2)8-11-19(12-9-17)13-14-20-16-5-3-15(4-6-16)7-10-18/h3-6H,7-9,11-14H2,1-2H3. The third-order valence-electron chi connectivity index (χ3n) is 4.09. The van der Waals surface area contributed by atoms with Crippen LogP contribution in [-0.2, 0) is 6.42 Å². The van der Waals surface area contributed by atoms with Crippen molar-refractivity contribution in [2.75, 3.05) is 26.2 Å². The molecule has 1 aromatic carbocycles. The highest BCUT2D eigenvalue weighted by Crippen LogP contribution is 2.29. The molecule has 3 nitrogen and oxygen atoms in total. The molecule has 0 bridgehead atoms. The van der Waals surface area contributed by atoms with Crippen molar-refractivity contribution in [2.24, 2.45) is 5.41 Å². The van der Waals surface area contributed by atoms with Gasteiger partial charge in [-0.3, -0.25) is 4.90 Å². The van der Waals surface area contributed by atoms with E-state index in [2.05, 4.69) is 24.8 Å². The fourth-order valence-electron chi connectivity index (χ4n) is 2.47. The Morgan fingerprint density at radius 3 is 2.45 bits per heavy atom. The van der Waals surface area contributed by atoms with Gasteiger partial charge in [-0.05, 0) is 49.0 Å². The number of hydrogen-bond donors (Lipinski definition) is 0. The SMILES string of the molecule is CC1(C)CCN(CCOc2ccc(CC#N)cc2)CC1. The zero-order valence-corrected chi connectivity index (χ0v) is 12.6. The smallest absolute Gasteiger partial charge is 0.119 e. The van der Waals surface area contributed by atoms with Crippen molar-refractivity contribution < 1.29 is 4.74 Å². The van der Waals surface area contributed by atoms with E-state index >= 15 is 0 Å². The minimum Gasteiger partial charge on any atom is -0.492 e. The monoisotopic (exact) mass is 272 g/mol. The van der Waals surface area contributed by atoms with Gasteiger partial charge in [0.05, 0.1) is 12.5 Å². The van der Waals surface area contributed by atoms with E-state index < -0.39 is 0 Å². The van der Waals surface area contributed by atoms with Crippen LogP contribution in [-0.4, -0.2) is 31.1 Å². The third kappa shape index (κ3) is 4.54. The average molecular weight is 272 g/mol. The highest BCUT2D eigenvalue weighted by atomic mass is 16.5. The second kappa shape index (κ2) is 6.76. The predicted octanol–water partition coefficient (Wildman–Crippen LogP) is 3.25. The lowest BCUT2D eigenvalue weighted by atomic mass is 9.83. The first-order chi connectivity index (χ1) is 9.59. The van der Waals surface area contributed by atoms with Crippen molar-refractivity contribution in [3.63, 3.8) is 0 Å². The van der Waals surface area contributed by atoms with Crippen LogP contribution in [0.1, 0.15) is 32.3 Å². The van der Waals surface area contributed by atoms with Gasteiger partial charge in [0.2, 0.25) is 0 Å². The molecule has 0 aliphatic carbocycles. The summed E-state index contributed by atoms with van der Waals surface area (Å²) in [7, 11) is 0. The fourth-order valence-corrected chi connectivity index (χ4v) is 2.47. The van der Waals surface area contributed by atoms with Crippen LogP contribution in [0.3, 0.4) is 0 Å². The molecule has 0 saturated carbocycles. The number of nitriles is 1. The van der Waals surface area contributed by atoms with E-state index in [1.165, 1.54) is 25.9 Å². The number of likely N-dealkylation sites (tertiary alicyclic amines) is 1. The first kappa shape index (κ1) is 14.9. The highest BCUT2D eigenvalue weighted by molar-refractivity contribution is 5.28. The second-order valence-electron chi connectivity index (χ2n) is 6.33. The summed E-state index contributed by atoms with van der Waals surface area (Å²) in [5.74, 6) is 0.893. The van der Waals surface area contributed by atoms with Crippen LogP contribution < -0.4 is 4.74 Å². The van der Waals surface area contributed by atoms with Crippen LogP contribution in [0.5, 0.6) is 5.75 Å². The third-order valence-corrected chi connectivity index (χ3v) is 4.09. The number of piperidine rings is 1. The molecule has 0 radical (unpaired) electrons. The topological polar surface area (TPSA) is 36.3 Å². The minimum absolute atomic E-state index is 0.462. The Morgan fingerprint density at radius 2 is 1.85 bits per heavy atom. The maximum absolute atomic E-state index is 8.62. The summed E-state index contributed by atoms with van der Waals surface area (Å²) in [6.07, 6.45) is 3.01. The van der Waals surface area contributed by atoms with Crippen molar-refractivity contribution in [1.82, 2.24) is 4.90 Å². The Kier molecular flexibility index (Phi) is 5.03. The van der Waals surface area contributed by atoms with E-state index in [1.807, 2.05) is 24.3 Å². The molecular formula is C17H24N2O. The normalized spacial score (nSPS) is 18.4. The molecule has 1 aliphatic rings. The molecule has 1 fully saturated rings. The molecule has 1 aliphatic heterocycles. The second-order valence-corrected chi connectivity index (χ2v) is 6.33. The Morgan fingerprint density at radius 1 is 1.20 bits per heavy atom. The van der Waals surface area contributed by atoms with Crippen LogP contribution in [0.2, 0.25) is 0 Å². The van der Waals surface area contributed by atoms with Crippen molar-refractivity contribution in [3.05, 3.63) is 29.8 Å². The number of nitrogens with zero attached hydrogens (tertiary/aromatic N) is 2. The zero-order chi connectivity index (χ0) is 14.4. The Bertz CT molecular complexity index is 449. The summed E-state index contributed by atoms with van der Waals surface area (Å²) in [4.78, 5) is 2.48. The molecule has 3 heteroatoms. The molecule has 1 saturated heterocycles. The van der Waals surface area contributed by atoms with Gasteiger partial charge < -0.3 is 4.74 Å². The zero-order valence-electron chi connectivity index (χ0n) is 12.6. The van der Waals surface area contributed by atoms with Crippen LogP contribution in [0, 0.1) is 16.7 Å². The molecule has 20 heavy (non-hydrogen) atoms. The summed E-state index contributed by atoms with van der Waals surface area (Å²) >= 11 is 0. The number of ether oxygens (including phenoxy) is 1. The van der Waals surface area contributed by atoms with E-state index in [-0.39, 0.29) is 0 Å². The van der Waals surface area contributed by atoms with Gasteiger partial charge in [0.15, 0.2) is 0 Å². The Hall–Kier alpha value is -1.53. The van der Waals surface area contributed by atoms with Crippen LogP contribution in [0.15, 0.2) is 24.3 Å². The maximum Gasteiger partial charge on any atom is 0.119 e. The van der Waals surface area contributed by atoms with E-state index in [0.717, 1.165) is 24.5 Å². The lowest BCUT2D eigenvalue weighted by molar-refractivity contribution is 0.116. The van der Waals surface area contributed by atoms with Gasteiger partial charge in [-0.25, -0.2) is 0 Å². The van der Waals surface area contributed by atoms with Crippen LogP contribution in [0.25, 0.3) is 0 Å². The van der Waals surface area contributed by atoms with Gasteiger partial charge in [-0.2, -0.15) is 5.26 Å². The number of rotatable bonds is 5. The molecule has 0 N–H and O–H groups in total. The number of benzene rings is 1. The first-order valence-electron chi connectivity index (χ1n) is 7.40. The average Bonchev–Trinajstić information content (AvgIpc) is 2.43. The summed E-state index contributed by atoms with van der Waals surface area (Å²) < 4.78 is 5.77. The number of hydrogen-bond acceptors (Lipinski definition) is 3. The van der Waals surface area contributed by atoms with Crippen molar-refractivity contribution in [3.8, 4) is 11.8 Å². The summed E-state index contributed by atoms with van der Waals surface area (Å²) in [6, 6.07) is 9.97. The fraction of sp³-hybridized carbons (Fsp3) is 0.588. The maximum atomic E-state index is 8.62. The van der Waals surface area contributed by atoms with Gasteiger partial charge in [0.1, 0.15) is 12.4 Å². The molecule has 108 valence electrons. The Balaban J connectivity index is 1.70. The van der Waals surface area contributed by atoms with E-state index in [1.54, 1.807) is 0 Å². The van der Waals surface area contributed by atoms with Crippen LogP contribution >= 0.6 is 0 Å². The lowest BCUT2D eigenvalue weighted by Gasteiger charge is -2.36. The first-order valence-corrected chi connectivity index (χ1v) is 7.40. The molecule has 1 heterocycles. The van der Waals surface area contributed by atoms with E-state index in [0.29, 0.717) is 11.8 Å². The summed E-state index contributed by atoms with van der Waals surface area (Å²) in [5, 5.41) is 8.62. The molecule has 0 spiro atoms. The summed E-state index contributed by atoms with van der Waals surface area (Å²) in [5.41, 5.74) is 1.55. The van der Waals surface area contributed by atoms with E-state index in [4.69, 9.17) is 10.00 Å². The van der Waals surface area contributed by atoms with Gasteiger partial charge >= 0.3 is 0 Å². The van der Waals surface area contributed by atoms with Crippen molar-refractivity contribution in [2.45, 2.75) is 33.1 Å². The minimum atomic E-state index is 0.462. The molecule has 1 aromatic rings. The van der Waals surface area contributed by atoms with Crippen molar-refractivity contribution in [1.29, 1.82) is 5.26 Å². The highest BCUT2D eigenvalue weighted by Gasteiger charge is 2.24. The van der Waals surface area contributed by atoms with Gasteiger partial charge in [-0.15, -0.1) is 0 Å². The predicted molar refractivity (Wildman–Crippen MR) is 80.7 cm³/mol. The molecule has 2 rings (SSSR count). The largest absolute Gasteiger partial charge is 0.492 e. The Labute approximate surface area is 122 Å².